The molecule has 1 aromatic heterocycles. The molecule has 0 bridgehead atoms. The smallest absolute Gasteiger partial charge is 0.330 e. The van der Waals surface area contributed by atoms with E-state index in [4.69, 9.17) is 4.42 Å². The van der Waals surface area contributed by atoms with Crippen molar-refractivity contribution in [3.63, 3.8) is 0 Å². The van der Waals surface area contributed by atoms with Gasteiger partial charge in [-0.3, -0.25) is 4.79 Å². The predicted molar refractivity (Wildman–Crippen MR) is 93.3 cm³/mol. The number of carboxylic acids is 1. The van der Waals surface area contributed by atoms with Crippen LogP contribution in [0.25, 0.3) is 0 Å². The number of furan rings is 1. The molecule has 2 N–H and O–H groups in total. The van der Waals surface area contributed by atoms with Crippen LogP contribution in [0.5, 0.6) is 0 Å². The minimum atomic E-state index is -3.83. The molecule has 1 unspecified atom stereocenters. The summed E-state index contributed by atoms with van der Waals surface area (Å²) < 4.78 is 30.1. The first kappa shape index (κ1) is 19.7. The molecule has 26 heavy (non-hydrogen) atoms. The van der Waals surface area contributed by atoms with Crippen molar-refractivity contribution < 1.29 is 27.5 Å². The second kappa shape index (κ2) is 7.30. The molecular formula is C17H20N2O6S. The molecule has 1 heterocycles. The Morgan fingerprint density at radius 3 is 2.19 bits per heavy atom. The topological polar surface area (TPSA) is 117 Å². The SMILES string of the molecule is Cc1cc(C)cc(C(NC(=O)c2ccc(S(=O)(=O)N(C)C)o2)C(=O)O)c1. The maximum absolute atomic E-state index is 12.3. The number of rotatable bonds is 6. The van der Waals surface area contributed by atoms with Gasteiger partial charge in [-0.15, -0.1) is 0 Å². The van der Waals surface area contributed by atoms with E-state index in [-0.39, 0.29) is 5.76 Å². The number of aryl methyl sites for hydroxylation is 2. The van der Waals surface area contributed by atoms with Crippen molar-refractivity contribution in [1.82, 2.24) is 9.62 Å². The molecule has 1 atom stereocenters. The summed E-state index contributed by atoms with van der Waals surface area (Å²) in [5.74, 6) is -2.35. The first-order valence-corrected chi connectivity index (χ1v) is 9.10. The number of amides is 1. The maximum Gasteiger partial charge on any atom is 0.330 e. The molecule has 8 nitrogen and oxygen atoms in total. The van der Waals surface area contributed by atoms with Crippen LogP contribution in [0.2, 0.25) is 0 Å². The van der Waals surface area contributed by atoms with Crippen LogP contribution in [0.15, 0.2) is 39.8 Å². The van der Waals surface area contributed by atoms with Crippen molar-refractivity contribution in [3.05, 3.63) is 52.8 Å². The zero-order chi connectivity index (χ0) is 19.6. The highest BCUT2D eigenvalue weighted by Gasteiger charge is 2.27. The third-order valence-corrected chi connectivity index (χ3v) is 5.33. The van der Waals surface area contributed by atoms with Crippen LogP contribution in [-0.2, 0) is 14.8 Å². The number of sulfonamides is 1. The molecule has 0 aliphatic heterocycles. The Morgan fingerprint density at radius 1 is 1.12 bits per heavy atom. The third kappa shape index (κ3) is 4.12. The highest BCUT2D eigenvalue weighted by molar-refractivity contribution is 7.88. The Bertz CT molecular complexity index is 926. The van der Waals surface area contributed by atoms with E-state index >= 15 is 0 Å². The first-order chi connectivity index (χ1) is 12.0. The number of nitrogens with one attached hydrogen (secondary N) is 1. The summed E-state index contributed by atoms with van der Waals surface area (Å²) in [6.45, 7) is 3.64. The lowest BCUT2D eigenvalue weighted by molar-refractivity contribution is -0.139. The summed E-state index contributed by atoms with van der Waals surface area (Å²) in [6, 6.07) is 6.25. The molecule has 0 spiro atoms. The number of nitrogens with zero attached hydrogens (tertiary/aromatic N) is 1. The fourth-order valence-electron chi connectivity index (χ4n) is 2.43. The van der Waals surface area contributed by atoms with Crippen molar-refractivity contribution >= 4 is 21.9 Å². The van der Waals surface area contributed by atoms with E-state index in [1.54, 1.807) is 12.1 Å². The Morgan fingerprint density at radius 2 is 1.69 bits per heavy atom. The highest BCUT2D eigenvalue weighted by Crippen LogP contribution is 2.20. The first-order valence-electron chi connectivity index (χ1n) is 7.66. The second-order valence-electron chi connectivity index (χ2n) is 6.07. The Labute approximate surface area is 151 Å². The van der Waals surface area contributed by atoms with Crippen LogP contribution < -0.4 is 5.32 Å². The third-order valence-electron chi connectivity index (χ3n) is 3.64. The maximum atomic E-state index is 12.3. The van der Waals surface area contributed by atoms with E-state index in [9.17, 15) is 23.1 Å². The van der Waals surface area contributed by atoms with Gasteiger partial charge in [-0.05, 0) is 31.5 Å². The highest BCUT2D eigenvalue weighted by atomic mass is 32.2. The van der Waals surface area contributed by atoms with Gasteiger partial charge in [-0.25, -0.2) is 17.5 Å². The molecule has 1 aromatic carbocycles. The van der Waals surface area contributed by atoms with Crippen LogP contribution in [0.3, 0.4) is 0 Å². The lowest BCUT2D eigenvalue weighted by Gasteiger charge is -2.15. The van der Waals surface area contributed by atoms with Crippen molar-refractivity contribution in [3.8, 4) is 0 Å². The van der Waals surface area contributed by atoms with Crippen molar-refractivity contribution in [2.75, 3.05) is 14.1 Å². The van der Waals surface area contributed by atoms with Gasteiger partial charge in [0.05, 0.1) is 0 Å². The van der Waals surface area contributed by atoms with Gasteiger partial charge in [0.1, 0.15) is 0 Å². The molecule has 0 fully saturated rings. The number of hydrogen-bond donors (Lipinski definition) is 2. The van der Waals surface area contributed by atoms with E-state index < -0.39 is 33.0 Å². The van der Waals surface area contributed by atoms with Gasteiger partial charge in [-0.2, -0.15) is 0 Å². The molecule has 2 aromatic rings. The molecule has 0 aliphatic carbocycles. The quantitative estimate of drug-likeness (QED) is 0.788. The largest absolute Gasteiger partial charge is 0.479 e. The van der Waals surface area contributed by atoms with E-state index in [1.165, 1.54) is 20.2 Å². The van der Waals surface area contributed by atoms with Gasteiger partial charge in [-0.1, -0.05) is 29.3 Å². The molecule has 0 aliphatic rings. The van der Waals surface area contributed by atoms with Gasteiger partial charge in [0.15, 0.2) is 11.8 Å². The van der Waals surface area contributed by atoms with Crippen molar-refractivity contribution in [2.24, 2.45) is 0 Å². The number of carboxylic acid groups (broad SMARTS) is 1. The summed E-state index contributed by atoms with van der Waals surface area (Å²) in [4.78, 5) is 23.9. The average Bonchev–Trinajstić information content (AvgIpc) is 3.01. The summed E-state index contributed by atoms with van der Waals surface area (Å²) >= 11 is 0. The van der Waals surface area contributed by atoms with Crippen molar-refractivity contribution in [1.29, 1.82) is 0 Å². The molecular weight excluding hydrogens is 360 g/mol. The molecule has 9 heteroatoms. The summed E-state index contributed by atoms with van der Waals surface area (Å²) in [6.07, 6.45) is 0. The molecule has 140 valence electrons. The number of carbonyl (C=O) groups is 2. The zero-order valence-electron chi connectivity index (χ0n) is 14.8. The lowest BCUT2D eigenvalue weighted by Crippen LogP contribution is -2.33. The molecule has 0 radical (unpaired) electrons. The van der Waals surface area contributed by atoms with Crippen LogP contribution in [0.1, 0.15) is 33.3 Å². The Hall–Kier alpha value is -2.65. The number of carbonyl (C=O) groups excluding carboxylic acids is 1. The van der Waals surface area contributed by atoms with E-state index in [1.807, 2.05) is 19.9 Å². The number of aliphatic carboxylic acids is 1. The van der Waals surface area contributed by atoms with Gasteiger partial charge < -0.3 is 14.8 Å². The van der Waals surface area contributed by atoms with Gasteiger partial charge in [0.2, 0.25) is 5.09 Å². The van der Waals surface area contributed by atoms with Crippen LogP contribution in [0.4, 0.5) is 0 Å². The van der Waals surface area contributed by atoms with Crippen LogP contribution >= 0.6 is 0 Å². The van der Waals surface area contributed by atoms with E-state index in [0.717, 1.165) is 21.5 Å². The summed E-state index contributed by atoms with van der Waals surface area (Å²) in [5, 5.41) is 11.4. The minimum Gasteiger partial charge on any atom is -0.479 e. The fraction of sp³-hybridized carbons (Fsp3) is 0.294. The number of hydrogen-bond acceptors (Lipinski definition) is 5. The van der Waals surface area contributed by atoms with Crippen LogP contribution in [-0.4, -0.2) is 43.8 Å². The predicted octanol–water partition coefficient (Wildman–Crippen LogP) is 1.70. The second-order valence-corrected chi connectivity index (χ2v) is 8.15. The molecule has 0 saturated heterocycles. The average molecular weight is 380 g/mol. The standard InChI is InChI=1S/C17H20N2O6S/c1-10-7-11(2)9-12(8-10)15(17(21)22)18-16(20)13-5-6-14(25-13)26(23,24)19(3)4/h5-9,15H,1-4H3,(H,18,20)(H,21,22). The monoisotopic (exact) mass is 380 g/mol. The number of benzene rings is 1. The lowest BCUT2D eigenvalue weighted by atomic mass is 10.0. The Balaban J connectivity index is 2.29. The minimum absolute atomic E-state index is 0.291. The zero-order valence-corrected chi connectivity index (χ0v) is 15.6. The van der Waals surface area contributed by atoms with Gasteiger partial charge in [0, 0.05) is 14.1 Å². The van der Waals surface area contributed by atoms with Crippen LogP contribution in [0, 0.1) is 13.8 Å². The molecule has 2 rings (SSSR count). The van der Waals surface area contributed by atoms with E-state index in [0.29, 0.717) is 5.56 Å². The Kier molecular flexibility index (Phi) is 5.53. The summed E-state index contributed by atoms with van der Waals surface area (Å²) in [5.41, 5.74) is 2.13. The van der Waals surface area contributed by atoms with E-state index in [2.05, 4.69) is 5.32 Å². The van der Waals surface area contributed by atoms with Gasteiger partial charge >= 0.3 is 5.97 Å². The molecule has 1 amide bonds. The normalized spacial score (nSPS) is 12.8. The fourth-order valence-corrected chi connectivity index (χ4v) is 3.22. The van der Waals surface area contributed by atoms with Gasteiger partial charge in [0.25, 0.3) is 15.9 Å². The summed E-state index contributed by atoms with van der Waals surface area (Å²) in [7, 11) is -1.16. The van der Waals surface area contributed by atoms with Crippen molar-refractivity contribution in [2.45, 2.75) is 25.0 Å². The molecule has 0 saturated carbocycles.